The number of rotatable bonds is 3. The minimum atomic E-state index is -0.964. The van der Waals surface area contributed by atoms with Crippen LogP contribution in [-0.2, 0) is 0 Å². The quantitative estimate of drug-likeness (QED) is 0.583. The highest BCUT2D eigenvalue weighted by atomic mass is 32.1. The van der Waals surface area contributed by atoms with E-state index in [1.54, 1.807) is 40.9 Å². The number of carboxylic acid groups (broad SMARTS) is 1. The third kappa shape index (κ3) is 2.52. The number of carboxylic acids is 1. The van der Waals surface area contributed by atoms with Crippen LogP contribution >= 0.6 is 22.7 Å². The van der Waals surface area contributed by atoms with E-state index in [1.807, 2.05) is 35.0 Å². The second kappa shape index (κ2) is 5.57. The van der Waals surface area contributed by atoms with Gasteiger partial charge in [0.15, 0.2) is 0 Å². The first-order valence-corrected chi connectivity index (χ1v) is 8.61. The molecule has 0 unspecified atom stereocenters. The van der Waals surface area contributed by atoms with Crippen LogP contribution in [0.5, 0.6) is 0 Å². The van der Waals surface area contributed by atoms with Crippen LogP contribution < -0.4 is 0 Å². The van der Waals surface area contributed by atoms with Crippen LogP contribution in [0.3, 0.4) is 0 Å². The van der Waals surface area contributed by atoms with E-state index >= 15 is 0 Å². The normalized spacial score (nSPS) is 11.0. The lowest BCUT2D eigenvalue weighted by molar-refractivity contribution is 0.0697. The zero-order chi connectivity index (χ0) is 15.8. The van der Waals surface area contributed by atoms with Gasteiger partial charge in [-0.05, 0) is 41.1 Å². The number of nitrogens with zero attached hydrogens (tertiary/aromatic N) is 2. The fourth-order valence-corrected chi connectivity index (χ4v) is 3.79. The van der Waals surface area contributed by atoms with Gasteiger partial charge in [-0.1, -0.05) is 12.1 Å². The predicted molar refractivity (Wildman–Crippen MR) is 93.1 cm³/mol. The van der Waals surface area contributed by atoms with Gasteiger partial charge in [0.2, 0.25) is 0 Å². The Kier molecular flexibility index (Phi) is 3.40. The summed E-state index contributed by atoms with van der Waals surface area (Å²) in [6.07, 6.45) is 0. The van der Waals surface area contributed by atoms with Crippen molar-refractivity contribution in [3.63, 3.8) is 0 Å². The molecular formula is C17H10N2O2S2. The summed E-state index contributed by atoms with van der Waals surface area (Å²) in [5, 5.41) is 13.2. The minimum absolute atomic E-state index is 0.216. The molecule has 0 aliphatic carbocycles. The number of benzene rings is 1. The molecule has 0 atom stereocenters. The second-order valence-electron chi connectivity index (χ2n) is 4.88. The van der Waals surface area contributed by atoms with Crippen molar-refractivity contribution in [2.45, 2.75) is 0 Å². The van der Waals surface area contributed by atoms with Crippen LogP contribution in [0.15, 0.2) is 53.2 Å². The number of fused-ring (bicyclic) bond motifs is 1. The van der Waals surface area contributed by atoms with E-state index in [1.165, 1.54) is 0 Å². The number of hydrogen-bond acceptors (Lipinski definition) is 5. The van der Waals surface area contributed by atoms with Gasteiger partial charge in [0, 0.05) is 0 Å². The third-order valence-corrected chi connectivity index (χ3v) is 5.17. The van der Waals surface area contributed by atoms with Crippen LogP contribution in [-0.4, -0.2) is 21.0 Å². The summed E-state index contributed by atoms with van der Waals surface area (Å²) in [5.41, 5.74) is 3.12. The Labute approximate surface area is 139 Å². The highest BCUT2D eigenvalue weighted by molar-refractivity contribution is 7.14. The lowest BCUT2D eigenvalue weighted by atomic mass is 10.1. The van der Waals surface area contributed by atoms with Crippen molar-refractivity contribution in [3.05, 3.63) is 58.8 Å². The molecule has 0 fully saturated rings. The zero-order valence-electron chi connectivity index (χ0n) is 11.8. The maximum atomic E-state index is 11.2. The first kappa shape index (κ1) is 14.0. The van der Waals surface area contributed by atoms with Gasteiger partial charge in [0.05, 0.1) is 26.4 Å². The van der Waals surface area contributed by atoms with Gasteiger partial charge in [-0.3, -0.25) is 0 Å². The van der Waals surface area contributed by atoms with E-state index in [4.69, 9.17) is 15.1 Å². The Balaban J connectivity index is 2.02. The Morgan fingerprint density at radius 1 is 0.870 bits per heavy atom. The molecule has 0 amide bonds. The monoisotopic (exact) mass is 338 g/mol. The molecule has 0 aliphatic heterocycles. The minimum Gasteiger partial charge on any atom is -0.478 e. The molecule has 0 spiro atoms. The van der Waals surface area contributed by atoms with Crippen molar-refractivity contribution in [3.8, 4) is 21.1 Å². The second-order valence-corrected chi connectivity index (χ2v) is 6.78. The topological polar surface area (TPSA) is 63.1 Å². The average Bonchev–Trinajstić information content (AvgIpc) is 3.26. The summed E-state index contributed by atoms with van der Waals surface area (Å²) in [6, 6.07) is 12.8. The van der Waals surface area contributed by atoms with E-state index in [0.29, 0.717) is 11.0 Å². The molecule has 0 saturated heterocycles. The van der Waals surface area contributed by atoms with Crippen LogP contribution in [0.2, 0.25) is 0 Å². The standard InChI is InChI=1S/C17H10N2O2S2/c20-17(21)10-5-6-11-12(9-10)19-16(14-4-2-8-23-14)15(18-11)13-3-1-7-22-13/h1-9H,(H,20,21). The number of carbonyl (C=O) groups is 1. The number of aromatic nitrogens is 2. The molecule has 0 saturated carbocycles. The Morgan fingerprint density at radius 2 is 1.48 bits per heavy atom. The summed E-state index contributed by atoms with van der Waals surface area (Å²) in [7, 11) is 0. The molecule has 0 radical (unpaired) electrons. The van der Waals surface area contributed by atoms with Crippen LogP contribution in [0, 0.1) is 0 Å². The Bertz CT molecular complexity index is 993. The summed E-state index contributed by atoms with van der Waals surface area (Å²) >= 11 is 3.20. The van der Waals surface area contributed by atoms with Crippen molar-refractivity contribution >= 4 is 39.7 Å². The lowest BCUT2D eigenvalue weighted by Crippen LogP contribution is -1.98. The van der Waals surface area contributed by atoms with Crippen LogP contribution in [0.4, 0.5) is 0 Å². The molecule has 0 bridgehead atoms. The molecule has 112 valence electrons. The SMILES string of the molecule is O=C(O)c1ccc2nc(-c3cccs3)c(-c3cccs3)nc2c1. The molecule has 4 rings (SSSR count). The molecule has 23 heavy (non-hydrogen) atoms. The van der Waals surface area contributed by atoms with E-state index in [0.717, 1.165) is 21.1 Å². The van der Waals surface area contributed by atoms with Gasteiger partial charge in [0.1, 0.15) is 11.4 Å². The maximum absolute atomic E-state index is 11.2. The Morgan fingerprint density at radius 3 is 2.00 bits per heavy atom. The summed E-state index contributed by atoms with van der Waals surface area (Å²) in [5.74, 6) is -0.964. The van der Waals surface area contributed by atoms with Gasteiger partial charge < -0.3 is 5.11 Å². The highest BCUT2D eigenvalue weighted by Crippen LogP contribution is 2.35. The van der Waals surface area contributed by atoms with Crippen LogP contribution in [0.25, 0.3) is 32.2 Å². The molecule has 0 aliphatic rings. The van der Waals surface area contributed by atoms with Gasteiger partial charge in [0.25, 0.3) is 0 Å². The summed E-state index contributed by atoms with van der Waals surface area (Å²) in [4.78, 5) is 22.7. The number of hydrogen-bond donors (Lipinski definition) is 1. The molecule has 6 heteroatoms. The molecule has 4 aromatic rings. The smallest absolute Gasteiger partial charge is 0.335 e. The first-order chi connectivity index (χ1) is 11.2. The van der Waals surface area contributed by atoms with Crippen molar-refractivity contribution < 1.29 is 9.90 Å². The summed E-state index contributed by atoms with van der Waals surface area (Å²) in [6.45, 7) is 0. The Hall–Kier alpha value is -2.57. The predicted octanol–water partition coefficient (Wildman–Crippen LogP) is 4.79. The van der Waals surface area contributed by atoms with Crippen molar-refractivity contribution in [1.82, 2.24) is 9.97 Å². The first-order valence-electron chi connectivity index (χ1n) is 6.85. The van der Waals surface area contributed by atoms with Gasteiger partial charge >= 0.3 is 5.97 Å². The summed E-state index contributed by atoms with van der Waals surface area (Å²) < 4.78 is 0. The van der Waals surface area contributed by atoms with E-state index in [-0.39, 0.29) is 5.56 Å². The van der Waals surface area contributed by atoms with Gasteiger partial charge in [-0.25, -0.2) is 14.8 Å². The van der Waals surface area contributed by atoms with Crippen molar-refractivity contribution in [1.29, 1.82) is 0 Å². The van der Waals surface area contributed by atoms with Crippen molar-refractivity contribution in [2.75, 3.05) is 0 Å². The van der Waals surface area contributed by atoms with E-state index in [9.17, 15) is 4.79 Å². The van der Waals surface area contributed by atoms with E-state index < -0.39 is 5.97 Å². The van der Waals surface area contributed by atoms with Gasteiger partial charge in [-0.2, -0.15) is 0 Å². The zero-order valence-corrected chi connectivity index (χ0v) is 13.4. The molecule has 1 N–H and O–H groups in total. The fourth-order valence-electron chi connectivity index (χ4n) is 2.36. The maximum Gasteiger partial charge on any atom is 0.335 e. The third-order valence-electron chi connectivity index (χ3n) is 3.42. The van der Waals surface area contributed by atoms with E-state index in [2.05, 4.69) is 0 Å². The molecular weight excluding hydrogens is 328 g/mol. The fraction of sp³-hybridized carbons (Fsp3) is 0. The highest BCUT2D eigenvalue weighted by Gasteiger charge is 2.15. The average molecular weight is 338 g/mol. The molecule has 4 nitrogen and oxygen atoms in total. The van der Waals surface area contributed by atoms with Crippen molar-refractivity contribution in [2.24, 2.45) is 0 Å². The number of aromatic carboxylic acids is 1. The van der Waals surface area contributed by atoms with Gasteiger partial charge in [-0.15, -0.1) is 22.7 Å². The molecule has 3 heterocycles. The molecule has 3 aromatic heterocycles. The van der Waals surface area contributed by atoms with Crippen LogP contribution in [0.1, 0.15) is 10.4 Å². The lowest BCUT2D eigenvalue weighted by Gasteiger charge is -2.08. The molecule has 1 aromatic carbocycles. The number of thiophene rings is 2. The largest absolute Gasteiger partial charge is 0.478 e.